The Bertz CT molecular complexity index is 682. The number of amides is 1. The molecule has 29 heavy (non-hydrogen) atoms. The van der Waals surface area contributed by atoms with Gasteiger partial charge in [-0.15, -0.1) is 0 Å². The summed E-state index contributed by atoms with van der Waals surface area (Å²) in [6.45, 7) is 5.72. The third-order valence-corrected chi connectivity index (χ3v) is 3.02. The van der Waals surface area contributed by atoms with E-state index >= 15 is 0 Å². The summed E-state index contributed by atoms with van der Waals surface area (Å²) < 4.78 is 72.4. The number of alkyl carbamates (subject to hydrolysis) is 1. The first-order valence-electron chi connectivity index (χ1n) is 8.67. The molecule has 1 aromatic carbocycles. The zero-order valence-corrected chi connectivity index (χ0v) is 16.3. The zero-order chi connectivity index (χ0) is 22.0. The summed E-state index contributed by atoms with van der Waals surface area (Å²) in [6, 6.07) is 0.00809. The molecule has 0 spiro atoms. The Morgan fingerprint density at radius 1 is 0.931 bits per heavy atom. The minimum absolute atomic E-state index is 0.00809. The Labute approximate surface area is 165 Å². The Balaban J connectivity index is 2.14. The van der Waals surface area contributed by atoms with Crippen molar-refractivity contribution in [1.82, 2.24) is 5.32 Å². The van der Waals surface area contributed by atoms with Crippen LogP contribution < -0.4 is 10.1 Å². The molecule has 0 aromatic heterocycles. The highest BCUT2D eigenvalue weighted by atomic mass is 19.2. The third-order valence-electron chi connectivity index (χ3n) is 3.02. The molecule has 164 valence electrons. The van der Waals surface area contributed by atoms with Gasteiger partial charge in [0.15, 0.2) is 11.6 Å². The van der Waals surface area contributed by atoms with Crippen LogP contribution in [0.3, 0.4) is 0 Å². The molecule has 0 aliphatic heterocycles. The molecule has 0 bridgehead atoms. The number of esters is 1. The van der Waals surface area contributed by atoms with E-state index in [1.165, 1.54) is 0 Å². The van der Waals surface area contributed by atoms with Crippen molar-refractivity contribution in [2.24, 2.45) is 0 Å². The molecular formula is C18H23F4NO6. The first-order valence-corrected chi connectivity index (χ1v) is 8.67. The van der Waals surface area contributed by atoms with Crippen LogP contribution in [0.5, 0.6) is 5.75 Å². The van der Waals surface area contributed by atoms with Gasteiger partial charge in [0.05, 0.1) is 32.8 Å². The summed E-state index contributed by atoms with van der Waals surface area (Å²) in [7, 11) is 0. The molecule has 11 heteroatoms. The first-order chi connectivity index (χ1) is 13.5. The van der Waals surface area contributed by atoms with Gasteiger partial charge in [-0.1, -0.05) is 0 Å². The van der Waals surface area contributed by atoms with E-state index in [2.05, 4.69) is 10.1 Å². The number of carbonyl (C=O) groups excluding carboxylic acids is 2. The molecule has 0 saturated heterocycles. The summed E-state index contributed by atoms with van der Waals surface area (Å²) in [5.74, 6) is -9.52. The van der Waals surface area contributed by atoms with Crippen LogP contribution in [0.4, 0.5) is 22.4 Å². The average Bonchev–Trinajstić information content (AvgIpc) is 2.60. The van der Waals surface area contributed by atoms with E-state index in [1.54, 1.807) is 20.8 Å². The molecule has 0 saturated carbocycles. The van der Waals surface area contributed by atoms with Gasteiger partial charge in [-0.3, -0.25) is 4.79 Å². The summed E-state index contributed by atoms with van der Waals surface area (Å²) in [5.41, 5.74) is -0.597. The zero-order valence-electron chi connectivity index (χ0n) is 16.3. The number of ether oxygens (including phenoxy) is 4. The first kappa shape index (κ1) is 24.6. The SMILES string of the molecule is CC(C)(C)OC(=O)NCCOCCOCCC(=O)Oc1c(F)c(F)cc(F)c1F. The predicted octanol–water partition coefficient (Wildman–Crippen LogP) is 3.10. The number of nitrogens with one attached hydrogen (secondary N) is 1. The second-order valence-electron chi connectivity index (χ2n) is 6.67. The minimum Gasteiger partial charge on any atom is -0.444 e. The van der Waals surface area contributed by atoms with Crippen molar-refractivity contribution in [2.45, 2.75) is 32.8 Å². The molecule has 0 heterocycles. The minimum atomic E-state index is -1.80. The standard InChI is InChI=1S/C18H23F4NO6/c1-18(2,3)29-17(25)23-5-7-27-9-8-26-6-4-13(24)28-16-14(21)11(19)10-12(20)15(16)22/h10H,4-9H2,1-3H3,(H,23,25). The molecule has 0 atom stereocenters. The van der Waals surface area contributed by atoms with Gasteiger partial charge in [0.1, 0.15) is 5.60 Å². The second kappa shape index (κ2) is 11.6. The fourth-order valence-corrected chi connectivity index (χ4v) is 1.82. The summed E-state index contributed by atoms with van der Waals surface area (Å²) in [4.78, 5) is 22.9. The van der Waals surface area contributed by atoms with Crippen molar-refractivity contribution in [3.8, 4) is 5.75 Å². The van der Waals surface area contributed by atoms with Gasteiger partial charge < -0.3 is 24.3 Å². The topological polar surface area (TPSA) is 83.1 Å². The van der Waals surface area contributed by atoms with Crippen LogP contribution in [0, 0.1) is 23.3 Å². The number of carbonyl (C=O) groups is 2. The molecule has 1 amide bonds. The molecule has 1 rings (SSSR count). The van der Waals surface area contributed by atoms with Gasteiger partial charge in [-0.25, -0.2) is 13.6 Å². The smallest absolute Gasteiger partial charge is 0.407 e. The van der Waals surface area contributed by atoms with E-state index in [4.69, 9.17) is 14.2 Å². The lowest BCUT2D eigenvalue weighted by molar-refractivity contribution is -0.136. The van der Waals surface area contributed by atoms with Gasteiger partial charge in [0, 0.05) is 12.6 Å². The van der Waals surface area contributed by atoms with Gasteiger partial charge >= 0.3 is 12.1 Å². The van der Waals surface area contributed by atoms with E-state index in [9.17, 15) is 27.2 Å². The second-order valence-corrected chi connectivity index (χ2v) is 6.67. The van der Waals surface area contributed by atoms with Crippen LogP contribution >= 0.6 is 0 Å². The monoisotopic (exact) mass is 425 g/mol. The molecule has 0 aliphatic rings. The molecular weight excluding hydrogens is 402 g/mol. The maximum absolute atomic E-state index is 13.4. The van der Waals surface area contributed by atoms with Crippen molar-refractivity contribution < 1.29 is 46.1 Å². The molecule has 0 aliphatic carbocycles. The highest BCUT2D eigenvalue weighted by molar-refractivity contribution is 5.72. The quantitative estimate of drug-likeness (QED) is 0.204. The average molecular weight is 425 g/mol. The lowest BCUT2D eigenvalue weighted by Gasteiger charge is -2.19. The Hall–Kier alpha value is -2.40. The van der Waals surface area contributed by atoms with E-state index < -0.39 is 53.1 Å². The van der Waals surface area contributed by atoms with Crippen molar-refractivity contribution >= 4 is 12.1 Å². The van der Waals surface area contributed by atoms with Crippen LogP contribution in [0.25, 0.3) is 0 Å². The summed E-state index contributed by atoms with van der Waals surface area (Å²) in [5, 5.41) is 2.49. The number of hydrogen-bond acceptors (Lipinski definition) is 6. The Kier molecular flexibility index (Phi) is 9.83. The Morgan fingerprint density at radius 3 is 2.03 bits per heavy atom. The maximum atomic E-state index is 13.4. The van der Waals surface area contributed by atoms with Gasteiger partial charge in [0.25, 0.3) is 0 Å². The van der Waals surface area contributed by atoms with Crippen LogP contribution in [-0.2, 0) is 19.0 Å². The third kappa shape index (κ3) is 9.57. The fourth-order valence-electron chi connectivity index (χ4n) is 1.82. The van der Waals surface area contributed by atoms with E-state index in [0.717, 1.165) is 0 Å². The highest BCUT2D eigenvalue weighted by Gasteiger charge is 2.22. The Morgan fingerprint density at radius 2 is 1.48 bits per heavy atom. The van der Waals surface area contributed by atoms with Gasteiger partial charge in [0.2, 0.25) is 17.4 Å². The van der Waals surface area contributed by atoms with Crippen molar-refractivity contribution in [1.29, 1.82) is 0 Å². The number of halogens is 4. The molecule has 1 aromatic rings. The highest BCUT2D eigenvalue weighted by Crippen LogP contribution is 2.26. The fraction of sp³-hybridized carbons (Fsp3) is 0.556. The molecule has 0 unspecified atom stereocenters. The number of hydrogen-bond donors (Lipinski definition) is 1. The molecule has 1 N–H and O–H groups in total. The lowest BCUT2D eigenvalue weighted by Crippen LogP contribution is -2.34. The molecule has 0 fully saturated rings. The van der Waals surface area contributed by atoms with Crippen LogP contribution in [0.15, 0.2) is 6.07 Å². The van der Waals surface area contributed by atoms with Crippen LogP contribution in [-0.4, -0.2) is 50.6 Å². The van der Waals surface area contributed by atoms with Gasteiger partial charge in [-0.05, 0) is 20.8 Å². The van der Waals surface area contributed by atoms with Crippen molar-refractivity contribution in [3.63, 3.8) is 0 Å². The maximum Gasteiger partial charge on any atom is 0.407 e. The lowest BCUT2D eigenvalue weighted by atomic mass is 10.2. The van der Waals surface area contributed by atoms with Gasteiger partial charge in [-0.2, -0.15) is 8.78 Å². The van der Waals surface area contributed by atoms with Crippen molar-refractivity contribution in [2.75, 3.05) is 33.0 Å². The molecule has 7 nitrogen and oxygen atoms in total. The summed E-state index contributed by atoms with van der Waals surface area (Å²) >= 11 is 0. The number of rotatable bonds is 10. The number of benzene rings is 1. The van der Waals surface area contributed by atoms with Crippen molar-refractivity contribution in [3.05, 3.63) is 29.3 Å². The predicted molar refractivity (Wildman–Crippen MR) is 92.4 cm³/mol. The van der Waals surface area contributed by atoms with Crippen LogP contribution in [0.1, 0.15) is 27.2 Å². The van der Waals surface area contributed by atoms with E-state index in [1.807, 2.05) is 0 Å². The normalized spacial score (nSPS) is 11.3. The van der Waals surface area contributed by atoms with Crippen LogP contribution in [0.2, 0.25) is 0 Å². The van der Waals surface area contributed by atoms with E-state index in [0.29, 0.717) is 0 Å². The largest absolute Gasteiger partial charge is 0.444 e. The summed E-state index contributed by atoms with van der Waals surface area (Å²) in [6.07, 6.45) is -0.973. The van der Waals surface area contributed by atoms with E-state index in [-0.39, 0.29) is 39.0 Å². The molecule has 0 radical (unpaired) electrons.